The molecule has 1 rings (SSSR count). The van der Waals surface area contributed by atoms with Crippen LogP contribution in [0.3, 0.4) is 0 Å². The number of nitrogens with one attached hydrogen (secondary N) is 2. The van der Waals surface area contributed by atoms with Crippen LogP contribution in [-0.4, -0.2) is 24.7 Å². The van der Waals surface area contributed by atoms with E-state index in [0.29, 0.717) is 6.54 Å². The van der Waals surface area contributed by atoms with Gasteiger partial charge in [-0.25, -0.2) is 0 Å². The Morgan fingerprint density at radius 3 is 2.35 bits per heavy atom. The molecule has 0 unspecified atom stereocenters. The van der Waals surface area contributed by atoms with E-state index in [9.17, 15) is 4.79 Å². The highest BCUT2D eigenvalue weighted by molar-refractivity contribution is 7.98. The van der Waals surface area contributed by atoms with Gasteiger partial charge < -0.3 is 10.6 Å². The van der Waals surface area contributed by atoms with E-state index in [1.54, 1.807) is 18.8 Å². The van der Waals surface area contributed by atoms with Gasteiger partial charge in [-0.15, -0.1) is 11.8 Å². The van der Waals surface area contributed by atoms with Gasteiger partial charge in [0, 0.05) is 11.4 Å². The van der Waals surface area contributed by atoms with Crippen molar-refractivity contribution in [2.45, 2.75) is 30.8 Å². The molecular formula is C13H20N2OS. The first-order valence-electron chi connectivity index (χ1n) is 5.59. The first kappa shape index (κ1) is 14.1. The van der Waals surface area contributed by atoms with Crippen LogP contribution in [0.2, 0.25) is 0 Å². The van der Waals surface area contributed by atoms with E-state index in [1.807, 2.05) is 32.2 Å². The van der Waals surface area contributed by atoms with Gasteiger partial charge >= 0.3 is 0 Å². The van der Waals surface area contributed by atoms with Gasteiger partial charge in [-0.3, -0.25) is 4.79 Å². The predicted octanol–water partition coefficient (Wildman–Crippen LogP) is 2.02. The van der Waals surface area contributed by atoms with Gasteiger partial charge in [0.25, 0.3) is 0 Å². The molecule has 4 heteroatoms. The van der Waals surface area contributed by atoms with Crippen molar-refractivity contribution in [3.8, 4) is 0 Å². The lowest BCUT2D eigenvalue weighted by molar-refractivity contribution is -0.126. The SMILES string of the molecule is CNC(C)(C)C(=O)NCc1ccc(SC)cc1. The molecule has 2 N–H and O–H groups in total. The molecule has 0 saturated heterocycles. The molecule has 0 spiro atoms. The summed E-state index contributed by atoms with van der Waals surface area (Å²) in [6, 6.07) is 8.21. The lowest BCUT2D eigenvalue weighted by Gasteiger charge is -2.22. The minimum atomic E-state index is -0.529. The number of carbonyl (C=O) groups excluding carboxylic acids is 1. The van der Waals surface area contributed by atoms with Gasteiger partial charge in [-0.1, -0.05) is 12.1 Å². The van der Waals surface area contributed by atoms with Crippen LogP contribution in [0, 0.1) is 0 Å². The zero-order valence-electron chi connectivity index (χ0n) is 10.8. The summed E-state index contributed by atoms with van der Waals surface area (Å²) in [4.78, 5) is 13.0. The van der Waals surface area contributed by atoms with Crippen molar-refractivity contribution in [2.24, 2.45) is 0 Å². The summed E-state index contributed by atoms with van der Waals surface area (Å²) >= 11 is 1.71. The Morgan fingerprint density at radius 2 is 1.88 bits per heavy atom. The summed E-state index contributed by atoms with van der Waals surface area (Å²) in [5.74, 6) is 0.00828. The molecule has 3 nitrogen and oxygen atoms in total. The average molecular weight is 252 g/mol. The second-order valence-corrected chi connectivity index (χ2v) is 5.29. The maximum atomic E-state index is 11.8. The van der Waals surface area contributed by atoms with E-state index < -0.39 is 5.54 Å². The molecule has 0 aromatic heterocycles. The fraction of sp³-hybridized carbons (Fsp3) is 0.462. The molecule has 0 aliphatic carbocycles. The number of amides is 1. The van der Waals surface area contributed by atoms with Crippen LogP contribution >= 0.6 is 11.8 Å². The molecule has 0 radical (unpaired) electrons. The van der Waals surface area contributed by atoms with Gasteiger partial charge in [-0.2, -0.15) is 0 Å². The molecule has 0 bridgehead atoms. The number of rotatable bonds is 5. The number of hydrogen-bond donors (Lipinski definition) is 2. The van der Waals surface area contributed by atoms with Gasteiger partial charge in [0.05, 0.1) is 5.54 Å². The summed E-state index contributed by atoms with van der Waals surface area (Å²) in [5, 5.41) is 5.90. The van der Waals surface area contributed by atoms with Crippen molar-refractivity contribution in [3.05, 3.63) is 29.8 Å². The van der Waals surface area contributed by atoms with Crippen LogP contribution in [0.25, 0.3) is 0 Å². The molecule has 0 heterocycles. The van der Waals surface area contributed by atoms with E-state index in [1.165, 1.54) is 4.90 Å². The topological polar surface area (TPSA) is 41.1 Å². The average Bonchev–Trinajstić information content (AvgIpc) is 2.36. The smallest absolute Gasteiger partial charge is 0.239 e. The molecule has 1 aromatic carbocycles. The molecule has 0 saturated carbocycles. The Labute approximate surface area is 107 Å². The number of carbonyl (C=O) groups is 1. The zero-order valence-corrected chi connectivity index (χ0v) is 11.6. The van der Waals surface area contributed by atoms with Crippen molar-refractivity contribution in [3.63, 3.8) is 0 Å². The Kier molecular flexibility index (Phi) is 5.02. The normalized spacial score (nSPS) is 11.3. The molecule has 1 aromatic rings. The molecule has 17 heavy (non-hydrogen) atoms. The van der Waals surface area contributed by atoms with Crippen molar-refractivity contribution >= 4 is 17.7 Å². The van der Waals surface area contributed by atoms with Crippen LogP contribution in [-0.2, 0) is 11.3 Å². The number of benzene rings is 1. The molecule has 1 amide bonds. The fourth-order valence-corrected chi connectivity index (χ4v) is 1.67. The zero-order chi connectivity index (χ0) is 12.9. The quantitative estimate of drug-likeness (QED) is 0.788. The minimum Gasteiger partial charge on any atom is -0.350 e. The first-order chi connectivity index (χ1) is 7.99. The second kappa shape index (κ2) is 6.07. The molecule has 94 valence electrons. The maximum absolute atomic E-state index is 11.8. The van der Waals surface area contributed by atoms with E-state index in [-0.39, 0.29) is 5.91 Å². The maximum Gasteiger partial charge on any atom is 0.239 e. The van der Waals surface area contributed by atoms with Gasteiger partial charge in [0.1, 0.15) is 0 Å². The van der Waals surface area contributed by atoms with E-state index in [2.05, 4.69) is 22.8 Å². The Bertz CT molecular complexity index is 374. The standard InChI is InChI=1S/C13H20N2OS/c1-13(2,14-3)12(16)15-9-10-5-7-11(17-4)8-6-10/h5-8,14H,9H2,1-4H3,(H,15,16). The summed E-state index contributed by atoms with van der Waals surface area (Å²) in [7, 11) is 1.78. The van der Waals surface area contributed by atoms with Gasteiger partial charge in [0.2, 0.25) is 5.91 Å². The van der Waals surface area contributed by atoms with Crippen LogP contribution < -0.4 is 10.6 Å². The number of thioether (sulfide) groups is 1. The Morgan fingerprint density at radius 1 is 1.29 bits per heavy atom. The largest absolute Gasteiger partial charge is 0.350 e. The molecular weight excluding hydrogens is 232 g/mol. The van der Waals surface area contributed by atoms with Crippen molar-refractivity contribution in [1.29, 1.82) is 0 Å². The molecule has 0 fully saturated rings. The lowest BCUT2D eigenvalue weighted by Crippen LogP contribution is -2.50. The summed E-state index contributed by atoms with van der Waals surface area (Å²) in [5.41, 5.74) is 0.585. The van der Waals surface area contributed by atoms with Crippen molar-refractivity contribution in [1.82, 2.24) is 10.6 Å². The van der Waals surface area contributed by atoms with E-state index >= 15 is 0 Å². The minimum absolute atomic E-state index is 0.00828. The van der Waals surface area contributed by atoms with Crippen LogP contribution in [0.1, 0.15) is 19.4 Å². The third kappa shape index (κ3) is 4.06. The third-order valence-corrected chi connectivity index (χ3v) is 3.55. The van der Waals surface area contributed by atoms with Gasteiger partial charge in [0.15, 0.2) is 0 Å². The van der Waals surface area contributed by atoms with Crippen molar-refractivity contribution in [2.75, 3.05) is 13.3 Å². The molecule has 0 aliphatic heterocycles. The number of hydrogen-bond acceptors (Lipinski definition) is 3. The molecule has 0 atom stereocenters. The highest BCUT2D eigenvalue weighted by Gasteiger charge is 2.24. The predicted molar refractivity (Wildman–Crippen MR) is 73.2 cm³/mol. The van der Waals surface area contributed by atoms with E-state index in [4.69, 9.17) is 0 Å². The second-order valence-electron chi connectivity index (χ2n) is 4.41. The van der Waals surface area contributed by atoms with E-state index in [0.717, 1.165) is 5.56 Å². The van der Waals surface area contributed by atoms with Crippen molar-refractivity contribution < 1.29 is 4.79 Å². The first-order valence-corrected chi connectivity index (χ1v) is 6.82. The summed E-state index contributed by atoms with van der Waals surface area (Å²) < 4.78 is 0. The van der Waals surface area contributed by atoms with Crippen LogP contribution in [0.15, 0.2) is 29.2 Å². The van der Waals surface area contributed by atoms with Crippen LogP contribution in [0.4, 0.5) is 0 Å². The monoisotopic (exact) mass is 252 g/mol. The fourth-order valence-electron chi connectivity index (χ4n) is 1.26. The Hall–Kier alpha value is -1.00. The molecule has 0 aliphatic rings. The lowest BCUT2D eigenvalue weighted by atomic mass is 10.1. The highest BCUT2D eigenvalue weighted by atomic mass is 32.2. The van der Waals surface area contributed by atoms with Crippen LogP contribution in [0.5, 0.6) is 0 Å². The van der Waals surface area contributed by atoms with Gasteiger partial charge in [-0.05, 0) is 44.8 Å². The Balaban J connectivity index is 2.53. The summed E-state index contributed by atoms with van der Waals surface area (Å²) in [6.07, 6.45) is 2.05. The highest BCUT2D eigenvalue weighted by Crippen LogP contribution is 2.14. The number of likely N-dealkylation sites (N-methyl/N-ethyl adjacent to an activating group) is 1. The summed E-state index contributed by atoms with van der Waals surface area (Å²) in [6.45, 7) is 4.29. The third-order valence-electron chi connectivity index (χ3n) is 2.80.